The summed E-state index contributed by atoms with van der Waals surface area (Å²) in [6, 6.07) is 17.6. The second-order valence-corrected chi connectivity index (χ2v) is 5.92. The van der Waals surface area contributed by atoms with Crippen LogP contribution in [0, 0.1) is 0 Å². The molecule has 0 saturated carbocycles. The van der Waals surface area contributed by atoms with Gasteiger partial charge in [0.2, 0.25) is 0 Å². The van der Waals surface area contributed by atoms with E-state index in [1.165, 1.54) is 27.7 Å². The van der Waals surface area contributed by atoms with Gasteiger partial charge in [0, 0.05) is 59.2 Å². The minimum atomic E-state index is -0.957. The van der Waals surface area contributed by atoms with Crippen LogP contribution in [0.2, 0.25) is 0 Å². The predicted octanol–water partition coefficient (Wildman–Crippen LogP) is 3.62. The average Bonchev–Trinajstić information content (AvgIpc) is 2.67. The van der Waals surface area contributed by atoms with Crippen LogP contribution in [0.1, 0.15) is 51.4 Å². The van der Waals surface area contributed by atoms with Gasteiger partial charge >= 0.3 is 23.9 Å². The first-order chi connectivity index (χ1) is 14.2. The Labute approximate surface area is 194 Å². The molecule has 0 aliphatic rings. The Bertz CT molecular complexity index is 736. The average molecular weight is 523 g/mol. The van der Waals surface area contributed by atoms with E-state index in [1.54, 1.807) is 48.5 Å². The van der Waals surface area contributed by atoms with Gasteiger partial charge in [-0.3, -0.25) is 19.2 Å². The molecule has 0 aliphatic carbocycles. The normalized spacial score (nSPS) is 9.48. The van der Waals surface area contributed by atoms with Gasteiger partial charge in [0.05, 0.1) is 0 Å². The number of rotatable bonds is 6. The Morgan fingerprint density at radius 3 is 0.935 bits per heavy atom. The van der Waals surface area contributed by atoms with E-state index in [0.717, 1.165) is 0 Å². The predicted molar refractivity (Wildman–Crippen MR) is 105 cm³/mol. The maximum Gasteiger partial charge on any atom is 0.305 e. The van der Waals surface area contributed by atoms with Crippen molar-refractivity contribution in [3.63, 3.8) is 0 Å². The number of carbonyl (C=O) groups is 4. The number of carbonyl (C=O) groups excluding carboxylic acids is 4. The quantitative estimate of drug-likeness (QED) is 0.322. The molecular weight excluding hydrogens is 499 g/mol. The number of hydrogen-bond acceptors (Lipinski definition) is 8. The maximum absolute atomic E-state index is 10.8. The van der Waals surface area contributed by atoms with Crippen LogP contribution in [0.3, 0.4) is 0 Å². The van der Waals surface area contributed by atoms with Gasteiger partial charge in [0.1, 0.15) is 0 Å². The zero-order chi connectivity index (χ0) is 22.5. The summed E-state index contributed by atoms with van der Waals surface area (Å²) < 4.78 is 19.5. The summed E-state index contributed by atoms with van der Waals surface area (Å²) in [4.78, 5) is 43.2. The van der Waals surface area contributed by atoms with E-state index in [9.17, 15) is 19.2 Å². The summed E-state index contributed by atoms with van der Waals surface area (Å²) in [5.74, 6) is -1.98. The summed E-state index contributed by atoms with van der Waals surface area (Å²) in [5, 5.41) is 0. The van der Waals surface area contributed by atoms with Crippen molar-refractivity contribution in [1.29, 1.82) is 0 Å². The molecular formula is C22H24O8Pd. The number of ether oxygens (including phenoxy) is 4. The molecule has 0 heterocycles. The molecule has 170 valence electrons. The molecule has 31 heavy (non-hydrogen) atoms. The molecule has 9 heteroatoms. The summed E-state index contributed by atoms with van der Waals surface area (Å²) in [6.07, 6.45) is -1.91. The first-order valence-electron chi connectivity index (χ1n) is 8.97. The van der Waals surface area contributed by atoms with Crippen LogP contribution in [0.5, 0.6) is 0 Å². The van der Waals surface area contributed by atoms with E-state index in [4.69, 9.17) is 18.9 Å². The Hall–Kier alpha value is -3.02. The van der Waals surface area contributed by atoms with Crippen molar-refractivity contribution in [3.8, 4) is 0 Å². The molecule has 0 spiro atoms. The van der Waals surface area contributed by atoms with Gasteiger partial charge in [0.25, 0.3) is 12.6 Å². The molecule has 0 aliphatic heterocycles. The minimum absolute atomic E-state index is 0. The maximum atomic E-state index is 10.8. The monoisotopic (exact) mass is 522 g/mol. The van der Waals surface area contributed by atoms with Crippen LogP contribution in [0.4, 0.5) is 0 Å². The summed E-state index contributed by atoms with van der Waals surface area (Å²) in [6.45, 7) is 5.05. The Balaban J connectivity index is 0.000000562. The molecule has 0 saturated heterocycles. The van der Waals surface area contributed by atoms with Gasteiger partial charge in [-0.05, 0) is 0 Å². The van der Waals surface area contributed by atoms with Crippen molar-refractivity contribution in [1.82, 2.24) is 0 Å². The Morgan fingerprint density at radius 2 is 0.742 bits per heavy atom. The summed E-state index contributed by atoms with van der Waals surface area (Å²) in [5.41, 5.74) is 1.26. The van der Waals surface area contributed by atoms with E-state index >= 15 is 0 Å². The smallest absolute Gasteiger partial charge is 0.305 e. The fourth-order valence-electron chi connectivity index (χ4n) is 2.14. The molecule has 8 nitrogen and oxygen atoms in total. The largest absolute Gasteiger partial charge is 0.421 e. The van der Waals surface area contributed by atoms with Gasteiger partial charge < -0.3 is 18.9 Å². The second kappa shape index (κ2) is 14.9. The topological polar surface area (TPSA) is 105 Å². The fourth-order valence-corrected chi connectivity index (χ4v) is 2.14. The molecule has 0 amide bonds. The number of benzene rings is 2. The SMILES string of the molecule is CC(=O)OC(OC(C)=O)c1ccccc1.CC(=O)OC(OC(C)=O)c1ccccc1.[Pd]. The number of esters is 4. The zero-order valence-corrected chi connectivity index (χ0v) is 19.1. The third-order valence-electron chi connectivity index (χ3n) is 3.24. The van der Waals surface area contributed by atoms with Crippen molar-refractivity contribution >= 4 is 23.9 Å². The zero-order valence-electron chi connectivity index (χ0n) is 17.5. The van der Waals surface area contributed by atoms with Crippen LogP contribution < -0.4 is 0 Å². The summed E-state index contributed by atoms with van der Waals surface area (Å²) >= 11 is 0. The van der Waals surface area contributed by atoms with Crippen molar-refractivity contribution in [2.24, 2.45) is 0 Å². The molecule has 0 bridgehead atoms. The second-order valence-electron chi connectivity index (χ2n) is 5.92. The van der Waals surface area contributed by atoms with Crippen LogP contribution in [-0.2, 0) is 58.5 Å². The third kappa shape index (κ3) is 12.3. The molecule has 0 N–H and O–H groups in total. The minimum Gasteiger partial charge on any atom is -0.421 e. The molecule has 0 radical (unpaired) electrons. The molecule has 0 unspecified atom stereocenters. The van der Waals surface area contributed by atoms with Crippen LogP contribution >= 0.6 is 0 Å². The first kappa shape index (κ1) is 28.0. The molecule has 0 aromatic heterocycles. The molecule has 2 aromatic rings. The first-order valence-corrected chi connectivity index (χ1v) is 8.97. The molecule has 2 aromatic carbocycles. The van der Waals surface area contributed by atoms with Crippen molar-refractivity contribution in [3.05, 3.63) is 71.8 Å². The van der Waals surface area contributed by atoms with Crippen molar-refractivity contribution in [2.45, 2.75) is 40.3 Å². The third-order valence-corrected chi connectivity index (χ3v) is 3.24. The van der Waals surface area contributed by atoms with Gasteiger partial charge in [-0.25, -0.2) is 0 Å². The van der Waals surface area contributed by atoms with E-state index in [0.29, 0.717) is 11.1 Å². The van der Waals surface area contributed by atoms with E-state index < -0.39 is 36.5 Å². The van der Waals surface area contributed by atoms with Crippen LogP contribution in [0.25, 0.3) is 0 Å². The Morgan fingerprint density at radius 1 is 0.516 bits per heavy atom. The van der Waals surface area contributed by atoms with Gasteiger partial charge in [-0.2, -0.15) is 0 Å². The Kier molecular flexibility index (Phi) is 13.4. The summed E-state index contributed by atoms with van der Waals surface area (Å²) in [7, 11) is 0. The van der Waals surface area contributed by atoms with Crippen LogP contribution in [0.15, 0.2) is 60.7 Å². The van der Waals surface area contributed by atoms with E-state index in [2.05, 4.69) is 0 Å². The van der Waals surface area contributed by atoms with E-state index in [1.807, 2.05) is 12.1 Å². The van der Waals surface area contributed by atoms with Gasteiger partial charge in [0.15, 0.2) is 0 Å². The van der Waals surface area contributed by atoms with Gasteiger partial charge in [-0.1, -0.05) is 60.7 Å². The van der Waals surface area contributed by atoms with E-state index in [-0.39, 0.29) is 20.4 Å². The molecule has 2 rings (SSSR count). The number of hydrogen-bond donors (Lipinski definition) is 0. The fraction of sp³-hybridized carbons (Fsp3) is 0.273. The standard InChI is InChI=1S/2C11H12O4.Pd/c2*1-8(12)14-11(15-9(2)13)10-6-4-3-5-7-10;/h2*3-7,11H,1-2H3;. The van der Waals surface area contributed by atoms with Crippen molar-refractivity contribution in [2.75, 3.05) is 0 Å². The van der Waals surface area contributed by atoms with Gasteiger partial charge in [-0.15, -0.1) is 0 Å². The van der Waals surface area contributed by atoms with Crippen molar-refractivity contribution < 1.29 is 58.5 Å². The molecule has 0 fully saturated rings. The molecule has 0 atom stereocenters. The van der Waals surface area contributed by atoms with Crippen LogP contribution in [-0.4, -0.2) is 23.9 Å².